The van der Waals surface area contributed by atoms with Gasteiger partial charge in [-0.05, 0) is 29.5 Å². The summed E-state index contributed by atoms with van der Waals surface area (Å²) in [6.07, 6.45) is 0.186. The van der Waals surface area contributed by atoms with E-state index in [2.05, 4.69) is 0 Å². The Bertz CT molecular complexity index is 446. The number of ether oxygens (including phenoxy) is 1. The van der Waals surface area contributed by atoms with Crippen molar-refractivity contribution in [1.82, 2.24) is 0 Å². The molecular formula is C13H18ClNO3. The van der Waals surface area contributed by atoms with Gasteiger partial charge in [-0.25, -0.2) is 0 Å². The molecule has 1 unspecified atom stereocenters. The van der Waals surface area contributed by atoms with Crippen molar-refractivity contribution in [3.05, 3.63) is 28.3 Å². The molecule has 0 saturated carbocycles. The van der Waals surface area contributed by atoms with Crippen LogP contribution >= 0.6 is 11.6 Å². The zero-order valence-electron chi connectivity index (χ0n) is 10.7. The molecule has 0 amide bonds. The number of aliphatic carboxylic acids is 1. The van der Waals surface area contributed by atoms with Crippen LogP contribution in [0.25, 0.3) is 0 Å². The van der Waals surface area contributed by atoms with E-state index in [1.54, 1.807) is 0 Å². The Hall–Kier alpha value is -1.26. The van der Waals surface area contributed by atoms with Gasteiger partial charge in [0.1, 0.15) is 11.8 Å². The van der Waals surface area contributed by atoms with Crippen LogP contribution in [-0.4, -0.2) is 24.2 Å². The van der Waals surface area contributed by atoms with Gasteiger partial charge in [-0.1, -0.05) is 31.5 Å². The minimum absolute atomic E-state index is 0.186. The maximum absolute atomic E-state index is 10.8. The predicted molar refractivity (Wildman–Crippen MR) is 71.4 cm³/mol. The van der Waals surface area contributed by atoms with Gasteiger partial charge >= 0.3 is 5.97 Å². The van der Waals surface area contributed by atoms with E-state index in [1.807, 2.05) is 26.0 Å². The highest BCUT2D eigenvalue weighted by Gasteiger charge is 2.17. The summed E-state index contributed by atoms with van der Waals surface area (Å²) in [7, 11) is 1.53. The van der Waals surface area contributed by atoms with Crippen molar-refractivity contribution in [3.63, 3.8) is 0 Å². The molecule has 1 aromatic carbocycles. The minimum Gasteiger partial charge on any atom is -0.495 e. The van der Waals surface area contributed by atoms with Gasteiger partial charge in [-0.15, -0.1) is 0 Å². The lowest BCUT2D eigenvalue weighted by molar-refractivity contribution is -0.138. The molecule has 1 rings (SSSR count). The third-order valence-corrected chi connectivity index (χ3v) is 3.21. The number of benzene rings is 1. The van der Waals surface area contributed by atoms with Crippen LogP contribution in [0, 0.1) is 0 Å². The number of nitrogens with two attached hydrogens (primary N) is 1. The maximum atomic E-state index is 10.8. The van der Waals surface area contributed by atoms with E-state index in [1.165, 1.54) is 7.11 Å². The molecule has 1 aromatic rings. The van der Waals surface area contributed by atoms with Crippen molar-refractivity contribution in [2.45, 2.75) is 32.2 Å². The van der Waals surface area contributed by atoms with Crippen LogP contribution in [0.15, 0.2) is 12.1 Å². The fraction of sp³-hybridized carbons (Fsp3) is 0.462. The second-order valence-corrected chi connectivity index (χ2v) is 4.88. The highest BCUT2D eigenvalue weighted by atomic mass is 35.5. The van der Waals surface area contributed by atoms with Crippen LogP contribution in [0.5, 0.6) is 5.75 Å². The van der Waals surface area contributed by atoms with Crippen LogP contribution in [0.1, 0.15) is 30.9 Å². The Morgan fingerprint density at radius 2 is 2.11 bits per heavy atom. The van der Waals surface area contributed by atoms with Crippen molar-refractivity contribution in [2.75, 3.05) is 7.11 Å². The molecule has 0 bridgehead atoms. The first kappa shape index (κ1) is 14.8. The fourth-order valence-electron chi connectivity index (χ4n) is 1.63. The lowest BCUT2D eigenvalue weighted by atomic mass is 9.97. The molecule has 0 aliphatic rings. The second-order valence-electron chi connectivity index (χ2n) is 4.50. The van der Waals surface area contributed by atoms with Crippen molar-refractivity contribution in [3.8, 4) is 5.75 Å². The summed E-state index contributed by atoms with van der Waals surface area (Å²) in [5, 5.41) is 9.27. The predicted octanol–water partition coefficient (Wildman–Crippen LogP) is 2.43. The molecule has 0 fully saturated rings. The number of halogens is 1. The molecule has 1 atom stereocenters. The number of carboxylic acids is 1. The third kappa shape index (κ3) is 3.37. The number of hydrogen-bond acceptors (Lipinski definition) is 3. The standard InChI is InChI=1S/C13H18ClNO3/c1-7(2)8-4-9(5-10(15)13(16)17)12(14)11(6-8)18-3/h4,6-7,10H,5,15H2,1-3H3,(H,16,17). The normalized spacial score (nSPS) is 12.6. The van der Waals surface area contributed by atoms with E-state index in [0.717, 1.165) is 5.56 Å². The quantitative estimate of drug-likeness (QED) is 0.863. The van der Waals surface area contributed by atoms with Crippen molar-refractivity contribution >= 4 is 17.6 Å². The summed E-state index contributed by atoms with van der Waals surface area (Å²) in [5.41, 5.74) is 7.28. The van der Waals surface area contributed by atoms with Gasteiger partial charge in [0.2, 0.25) is 0 Å². The Kier molecular flexibility index (Phi) is 4.99. The first-order valence-electron chi connectivity index (χ1n) is 5.71. The highest BCUT2D eigenvalue weighted by molar-refractivity contribution is 6.32. The van der Waals surface area contributed by atoms with Crippen LogP contribution in [0.4, 0.5) is 0 Å². The van der Waals surface area contributed by atoms with Gasteiger partial charge in [0, 0.05) is 0 Å². The van der Waals surface area contributed by atoms with Gasteiger partial charge < -0.3 is 15.6 Å². The van der Waals surface area contributed by atoms with Crippen molar-refractivity contribution in [2.24, 2.45) is 5.73 Å². The number of methoxy groups -OCH3 is 1. The topological polar surface area (TPSA) is 72.5 Å². The molecule has 0 spiro atoms. The molecule has 0 aromatic heterocycles. The van der Waals surface area contributed by atoms with E-state index >= 15 is 0 Å². The maximum Gasteiger partial charge on any atom is 0.320 e. The van der Waals surface area contributed by atoms with Gasteiger partial charge in [-0.3, -0.25) is 4.79 Å². The molecule has 0 radical (unpaired) electrons. The average Bonchev–Trinajstić information content (AvgIpc) is 2.31. The molecule has 3 N–H and O–H groups in total. The molecule has 100 valence electrons. The second kappa shape index (κ2) is 6.07. The molecule has 0 heterocycles. The summed E-state index contributed by atoms with van der Waals surface area (Å²) >= 11 is 6.16. The first-order valence-corrected chi connectivity index (χ1v) is 6.09. The van der Waals surface area contributed by atoms with Crippen molar-refractivity contribution < 1.29 is 14.6 Å². The number of carboxylic acid groups (broad SMARTS) is 1. The summed E-state index contributed by atoms with van der Waals surface area (Å²) in [6, 6.07) is 2.79. The highest BCUT2D eigenvalue weighted by Crippen LogP contribution is 2.33. The summed E-state index contributed by atoms with van der Waals surface area (Å²) < 4.78 is 5.20. The lowest BCUT2D eigenvalue weighted by Crippen LogP contribution is -2.32. The first-order chi connectivity index (χ1) is 8.36. The van der Waals surface area contributed by atoms with Crippen LogP contribution < -0.4 is 10.5 Å². The monoisotopic (exact) mass is 271 g/mol. The third-order valence-electron chi connectivity index (χ3n) is 2.78. The Balaban J connectivity index is 3.16. The van der Waals surface area contributed by atoms with Crippen LogP contribution in [0.2, 0.25) is 5.02 Å². The molecule has 0 saturated heterocycles. The van der Waals surface area contributed by atoms with E-state index < -0.39 is 12.0 Å². The summed E-state index contributed by atoms with van der Waals surface area (Å²) in [6.45, 7) is 4.09. The summed E-state index contributed by atoms with van der Waals surface area (Å²) in [4.78, 5) is 10.8. The largest absolute Gasteiger partial charge is 0.495 e. The van der Waals surface area contributed by atoms with Gasteiger partial charge in [0.15, 0.2) is 0 Å². The van der Waals surface area contributed by atoms with Gasteiger partial charge in [0.25, 0.3) is 0 Å². The Morgan fingerprint density at radius 3 is 2.56 bits per heavy atom. The number of carbonyl (C=O) groups is 1. The zero-order valence-corrected chi connectivity index (χ0v) is 11.5. The van der Waals surface area contributed by atoms with Crippen LogP contribution in [0.3, 0.4) is 0 Å². The minimum atomic E-state index is -1.04. The van der Waals surface area contributed by atoms with Crippen LogP contribution in [-0.2, 0) is 11.2 Å². The fourth-order valence-corrected chi connectivity index (χ4v) is 1.90. The smallest absolute Gasteiger partial charge is 0.320 e. The average molecular weight is 272 g/mol. The Labute approximate surface area is 112 Å². The van der Waals surface area contributed by atoms with E-state index in [4.69, 9.17) is 27.2 Å². The summed E-state index contributed by atoms with van der Waals surface area (Å²) in [5.74, 6) is -0.189. The lowest BCUT2D eigenvalue weighted by Gasteiger charge is -2.15. The SMILES string of the molecule is COc1cc(C(C)C)cc(CC(N)C(=O)O)c1Cl. The van der Waals surface area contributed by atoms with Gasteiger partial charge in [0.05, 0.1) is 12.1 Å². The zero-order chi connectivity index (χ0) is 13.9. The molecular weight excluding hydrogens is 254 g/mol. The molecule has 0 aliphatic heterocycles. The molecule has 4 nitrogen and oxygen atoms in total. The van der Waals surface area contributed by atoms with Crippen molar-refractivity contribution in [1.29, 1.82) is 0 Å². The number of rotatable bonds is 5. The van der Waals surface area contributed by atoms with E-state index in [0.29, 0.717) is 22.3 Å². The van der Waals surface area contributed by atoms with E-state index in [9.17, 15) is 4.79 Å². The molecule has 5 heteroatoms. The van der Waals surface area contributed by atoms with E-state index in [-0.39, 0.29) is 6.42 Å². The molecule has 18 heavy (non-hydrogen) atoms. The molecule has 0 aliphatic carbocycles. The Morgan fingerprint density at radius 1 is 1.50 bits per heavy atom. The number of hydrogen-bond donors (Lipinski definition) is 2. The van der Waals surface area contributed by atoms with Gasteiger partial charge in [-0.2, -0.15) is 0 Å².